The summed E-state index contributed by atoms with van der Waals surface area (Å²) in [5.74, 6) is -8.25. The normalized spacial score (nSPS) is 32.7. The molecule has 1 aromatic rings. The van der Waals surface area contributed by atoms with Crippen molar-refractivity contribution in [1.29, 1.82) is 0 Å². The molecule has 4 aliphatic heterocycles. The number of carbonyl (C=O) groups is 5. The number of benzene rings is 1. The summed E-state index contributed by atoms with van der Waals surface area (Å²) in [6, 6.07) is 4.04. The smallest absolute Gasteiger partial charge is 0.329 e. The Morgan fingerprint density at radius 3 is 2.32 bits per heavy atom. The molecule has 3 saturated heterocycles. The lowest BCUT2D eigenvalue weighted by atomic mass is 9.68. The number of anilines is 1. The second-order valence-corrected chi connectivity index (χ2v) is 22.8. The maximum absolute atomic E-state index is 14.7. The summed E-state index contributed by atoms with van der Waals surface area (Å²) in [5.41, 5.74) is 1.77. The molecule has 0 radical (unpaired) electrons. The molecular weight excluding hydrogens is 1010 g/mol. The molecule has 3 N–H and O–H groups in total. The SMILES string of the molecule is CCC[C@H](C)C1C=CC(/C=C(\C)[C@H](C[C@@H]2CCC(C)C(O)(C(=O)C(=O)N3CCCC4C3C(=O)O[C@@H](CC(=O)[C@H](C)/C=C(\C)C(O)[C@@H](OC)C(C)=O)[C@H]4C[C@@H]3CCC(O)[C@H](OC)C3)O2)OC)ON1c1c(Cl)cccc1Cl. The standard InChI is InChI=1S/C57H82Cl2N2O14/c1-11-14-31(2)44-22-21-39(75-61(44)51-42(58)16-12-17-43(51)59)26-33(4)47(70-8)29-38-20-18-35(6)57(69,74-38)54(66)55(67)60-24-13-15-40-41(27-37-19-23-45(63)49(28-37)71-9)48(73-56(68)50(40)60)30-46(64)32(3)25-34(5)52(65)53(72-10)36(7)62/h12,16-17,21-22,25-26,31-32,35,37-41,44-45,47-50,52-53,63,65,69H,11,13-15,18-20,23-24,27-30H2,1-10H3/b33-26+,34-25+/t31-,32+,35?,37-,38-,39?,40?,41-,44?,45?,47-,48-,49+,50?,52?,53-,57?/m0/s1. The fourth-order valence-electron chi connectivity index (χ4n) is 12.3. The molecule has 17 atom stereocenters. The van der Waals surface area contributed by atoms with Crippen LogP contribution in [0.4, 0.5) is 5.69 Å². The molecule has 0 bridgehead atoms. The number of cyclic esters (lactones) is 1. The van der Waals surface area contributed by atoms with Crippen LogP contribution in [0, 0.1) is 35.5 Å². The zero-order chi connectivity index (χ0) is 55.1. The van der Waals surface area contributed by atoms with Crippen LogP contribution in [-0.4, -0.2) is 144 Å². The van der Waals surface area contributed by atoms with E-state index in [-0.39, 0.29) is 48.8 Å². The average molecular weight is 1090 g/mol. The van der Waals surface area contributed by atoms with Gasteiger partial charge in [0.2, 0.25) is 5.79 Å². The largest absolute Gasteiger partial charge is 0.460 e. The van der Waals surface area contributed by atoms with E-state index < -0.39 is 102 Å². The van der Waals surface area contributed by atoms with E-state index >= 15 is 0 Å². The number of hydroxylamine groups is 1. The second kappa shape index (κ2) is 26.9. The molecule has 1 aliphatic carbocycles. The lowest BCUT2D eigenvalue weighted by molar-refractivity contribution is -0.266. The summed E-state index contributed by atoms with van der Waals surface area (Å²) >= 11 is 13.4. The van der Waals surface area contributed by atoms with E-state index in [9.17, 15) is 39.3 Å². The lowest BCUT2D eigenvalue weighted by Gasteiger charge is -2.50. The number of aliphatic hydroxyl groups excluding tert-OH is 2. The van der Waals surface area contributed by atoms with E-state index in [0.717, 1.165) is 18.4 Å². The fourth-order valence-corrected chi connectivity index (χ4v) is 12.9. The number of allylic oxidation sites excluding steroid dienone is 1. The van der Waals surface area contributed by atoms with Gasteiger partial charge in [0, 0.05) is 58.5 Å². The lowest BCUT2D eigenvalue weighted by Crippen LogP contribution is -2.65. The number of ketones is 3. The Morgan fingerprint density at radius 1 is 0.973 bits per heavy atom. The number of piperidine rings is 1. The van der Waals surface area contributed by atoms with Gasteiger partial charge in [-0.15, -0.1) is 0 Å². The van der Waals surface area contributed by atoms with Gasteiger partial charge in [-0.05, 0) is 126 Å². The highest BCUT2D eigenvalue weighted by Crippen LogP contribution is 2.46. The van der Waals surface area contributed by atoms with Crippen LogP contribution in [0.1, 0.15) is 126 Å². The number of nitrogens with zero attached hydrogens (tertiary/aromatic N) is 2. The van der Waals surface area contributed by atoms with Gasteiger partial charge < -0.3 is 43.9 Å². The second-order valence-electron chi connectivity index (χ2n) is 21.9. The quantitative estimate of drug-likeness (QED) is 0.0569. The Hall–Kier alpha value is -3.55. The van der Waals surface area contributed by atoms with Crippen molar-refractivity contribution in [1.82, 2.24) is 4.90 Å². The van der Waals surface area contributed by atoms with Gasteiger partial charge in [-0.3, -0.25) is 24.0 Å². The highest BCUT2D eigenvalue weighted by atomic mass is 35.5. The maximum Gasteiger partial charge on any atom is 0.329 e. The first kappa shape index (κ1) is 60.7. The van der Waals surface area contributed by atoms with E-state index in [2.05, 4.69) is 19.9 Å². The molecular formula is C57H82Cl2N2O14. The number of aliphatic hydroxyl groups is 3. The molecule has 8 unspecified atom stereocenters. The molecule has 5 aliphatic rings. The zero-order valence-corrected chi connectivity index (χ0v) is 47.0. The van der Waals surface area contributed by atoms with E-state index in [1.807, 2.05) is 19.1 Å². The number of rotatable bonds is 22. The van der Waals surface area contributed by atoms with Crippen LogP contribution in [0.3, 0.4) is 0 Å². The Bertz CT molecular complexity index is 2250. The number of hydrogen-bond donors (Lipinski definition) is 3. The van der Waals surface area contributed by atoms with Gasteiger partial charge in [-0.25, -0.2) is 9.86 Å². The first-order valence-corrected chi connectivity index (χ1v) is 27.7. The molecule has 4 heterocycles. The Labute approximate surface area is 453 Å². The minimum absolute atomic E-state index is 0.0301. The monoisotopic (exact) mass is 1090 g/mol. The molecule has 4 fully saturated rings. The van der Waals surface area contributed by atoms with Crippen LogP contribution >= 0.6 is 23.2 Å². The van der Waals surface area contributed by atoms with Crippen molar-refractivity contribution < 1.29 is 67.8 Å². The van der Waals surface area contributed by atoms with Crippen LogP contribution < -0.4 is 5.06 Å². The molecule has 1 amide bonds. The highest BCUT2D eigenvalue weighted by Gasteiger charge is 2.57. The number of amides is 1. The van der Waals surface area contributed by atoms with Crippen molar-refractivity contribution in [2.75, 3.05) is 32.9 Å². The molecule has 6 rings (SSSR count). The third kappa shape index (κ3) is 14.0. The van der Waals surface area contributed by atoms with Crippen molar-refractivity contribution in [3.63, 3.8) is 0 Å². The highest BCUT2D eigenvalue weighted by molar-refractivity contribution is 6.39. The molecule has 0 spiro atoms. The predicted octanol–water partition coefficient (Wildman–Crippen LogP) is 8.12. The summed E-state index contributed by atoms with van der Waals surface area (Å²) < 4.78 is 29.3. The number of carbonyl (C=O) groups excluding carboxylic acids is 5. The number of para-hydroxylation sites is 1. The van der Waals surface area contributed by atoms with Crippen LogP contribution in [0.15, 0.2) is 53.6 Å². The zero-order valence-electron chi connectivity index (χ0n) is 45.5. The van der Waals surface area contributed by atoms with Crippen LogP contribution in [-0.2, 0) is 52.5 Å². The molecule has 16 nitrogen and oxygen atoms in total. The first-order chi connectivity index (χ1) is 35.6. The fraction of sp³-hybridized carbons (Fsp3) is 0.702. The number of likely N-dealkylation sites (tertiary alicyclic amines) is 1. The molecule has 18 heteroatoms. The summed E-state index contributed by atoms with van der Waals surface area (Å²) in [6.07, 6.45) is 7.64. The van der Waals surface area contributed by atoms with Crippen LogP contribution in [0.5, 0.6) is 0 Å². The maximum atomic E-state index is 14.7. The van der Waals surface area contributed by atoms with Crippen molar-refractivity contribution >= 4 is 58.1 Å². The molecule has 0 aromatic heterocycles. The molecule has 418 valence electrons. The number of ether oxygens (including phenoxy) is 5. The Morgan fingerprint density at radius 2 is 1.68 bits per heavy atom. The minimum atomic E-state index is -2.51. The number of esters is 1. The molecule has 1 aromatic carbocycles. The van der Waals surface area contributed by atoms with Gasteiger partial charge >= 0.3 is 5.97 Å². The number of Topliss-reactive ketones (excluding diaryl/α,β-unsaturated/α-hetero) is 3. The number of hydrogen-bond acceptors (Lipinski definition) is 15. The van der Waals surface area contributed by atoms with Gasteiger partial charge in [0.05, 0.1) is 40.5 Å². The van der Waals surface area contributed by atoms with Gasteiger partial charge in [-0.2, -0.15) is 0 Å². The van der Waals surface area contributed by atoms with E-state index in [1.165, 1.54) is 18.9 Å². The predicted molar refractivity (Wildman–Crippen MR) is 284 cm³/mol. The third-order valence-electron chi connectivity index (χ3n) is 16.7. The molecule has 75 heavy (non-hydrogen) atoms. The summed E-state index contributed by atoms with van der Waals surface area (Å²) in [4.78, 5) is 77.6. The molecule has 1 saturated carbocycles. The van der Waals surface area contributed by atoms with Crippen LogP contribution in [0.25, 0.3) is 0 Å². The Kier molecular flexibility index (Phi) is 21.7. The van der Waals surface area contributed by atoms with Gasteiger partial charge in [0.1, 0.15) is 41.9 Å². The Balaban J connectivity index is 1.19. The third-order valence-corrected chi connectivity index (χ3v) is 17.3. The van der Waals surface area contributed by atoms with E-state index in [4.69, 9.17) is 51.7 Å². The number of halogens is 2. The van der Waals surface area contributed by atoms with Crippen molar-refractivity contribution in [3.8, 4) is 0 Å². The van der Waals surface area contributed by atoms with E-state index in [1.54, 1.807) is 64.3 Å². The number of fused-ring (bicyclic) bond motifs is 1. The summed E-state index contributed by atoms with van der Waals surface area (Å²) in [5, 5.41) is 36.5. The van der Waals surface area contributed by atoms with Gasteiger partial charge in [-0.1, -0.05) is 81.6 Å². The van der Waals surface area contributed by atoms with Crippen molar-refractivity contribution in [2.45, 2.75) is 192 Å². The summed E-state index contributed by atoms with van der Waals surface area (Å²) in [7, 11) is 4.45. The van der Waals surface area contributed by atoms with Gasteiger partial charge in [0.15, 0.2) is 5.78 Å². The van der Waals surface area contributed by atoms with Gasteiger partial charge in [0.25, 0.3) is 11.7 Å². The summed E-state index contributed by atoms with van der Waals surface area (Å²) in [6.45, 7) is 12.5. The average Bonchev–Trinajstić information content (AvgIpc) is 3.37. The number of methoxy groups -OCH3 is 3. The topological polar surface area (TPSA) is 208 Å². The van der Waals surface area contributed by atoms with Crippen LogP contribution in [0.2, 0.25) is 10.0 Å². The van der Waals surface area contributed by atoms with Crippen molar-refractivity contribution in [3.05, 3.63) is 63.7 Å². The van der Waals surface area contributed by atoms with Crippen molar-refractivity contribution in [2.24, 2.45) is 35.5 Å². The minimum Gasteiger partial charge on any atom is -0.460 e. The van der Waals surface area contributed by atoms with E-state index in [0.29, 0.717) is 72.7 Å². The first-order valence-electron chi connectivity index (χ1n) is 27.0.